The molecule has 2 N–H and O–H groups in total. The third-order valence-electron chi connectivity index (χ3n) is 3.35. The van der Waals surface area contributed by atoms with E-state index in [1.54, 1.807) is 23.5 Å². The maximum atomic E-state index is 13.5. The van der Waals surface area contributed by atoms with E-state index in [-0.39, 0.29) is 11.9 Å². The zero-order valence-electron chi connectivity index (χ0n) is 11.8. The third-order valence-corrected chi connectivity index (χ3v) is 4.30. The van der Waals surface area contributed by atoms with Gasteiger partial charge in [0.05, 0.1) is 11.7 Å². The summed E-state index contributed by atoms with van der Waals surface area (Å²) in [6, 6.07) is 6.75. The van der Waals surface area contributed by atoms with E-state index in [1.807, 2.05) is 11.4 Å². The maximum absolute atomic E-state index is 13.5. The Labute approximate surface area is 123 Å². The number of rotatable bonds is 6. The summed E-state index contributed by atoms with van der Waals surface area (Å²) >= 11 is 1.59. The number of hydrogen-bond donors (Lipinski definition) is 1. The number of aromatic nitrogens is 1. The Morgan fingerprint density at radius 2 is 2.10 bits per heavy atom. The van der Waals surface area contributed by atoms with Crippen molar-refractivity contribution in [3.05, 3.63) is 51.7 Å². The summed E-state index contributed by atoms with van der Waals surface area (Å²) in [5.74, 6) is -0.213. The lowest BCUT2D eigenvalue weighted by Crippen LogP contribution is -2.29. The van der Waals surface area contributed by atoms with Gasteiger partial charge in [-0.05, 0) is 30.8 Å². The number of hydrogen-bond acceptors (Lipinski definition) is 4. The van der Waals surface area contributed by atoms with Crippen LogP contribution in [0.15, 0.2) is 29.6 Å². The number of benzene rings is 1. The Bertz CT molecular complexity index is 552. The molecule has 1 aromatic carbocycles. The predicted octanol–water partition coefficient (Wildman–Crippen LogP) is 3.17. The maximum Gasteiger partial charge on any atom is 0.123 e. The molecule has 0 aliphatic carbocycles. The standard InChI is InChI=1S/C15H20FN3S/c1-3-19(4-2)14(11-6-5-7-12(16)8-11)15-18-13(9-17)10-20-15/h5-8,10,14H,3-4,9,17H2,1-2H3. The number of thiazole rings is 1. The van der Waals surface area contributed by atoms with Crippen LogP contribution in [0.3, 0.4) is 0 Å². The van der Waals surface area contributed by atoms with Crippen molar-refractivity contribution in [3.8, 4) is 0 Å². The second-order valence-electron chi connectivity index (χ2n) is 4.56. The molecular formula is C15H20FN3S. The van der Waals surface area contributed by atoms with Crippen LogP contribution in [0.4, 0.5) is 4.39 Å². The van der Waals surface area contributed by atoms with Crippen LogP contribution in [0, 0.1) is 5.82 Å². The van der Waals surface area contributed by atoms with Crippen LogP contribution in [-0.2, 0) is 6.54 Å². The van der Waals surface area contributed by atoms with Crippen molar-refractivity contribution in [1.29, 1.82) is 0 Å². The second-order valence-corrected chi connectivity index (χ2v) is 5.45. The van der Waals surface area contributed by atoms with Gasteiger partial charge in [-0.3, -0.25) is 4.90 Å². The topological polar surface area (TPSA) is 42.2 Å². The zero-order chi connectivity index (χ0) is 14.5. The van der Waals surface area contributed by atoms with E-state index >= 15 is 0 Å². The van der Waals surface area contributed by atoms with E-state index in [4.69, 9.17) is 5.73 Å². The fourth-order valence-corrected chi connectivity index (χ4v) is 3.31. The molecule has 0 aliphatic rings. The summed E-state index contributed by atoms with van der Waals surface area (Å²) in [4.78, 5) is 6.85. The number of nitrogens with two attached hydrogens (primary N) is 1. The quantitative estimate of drug-likeness (QED) is 0.889. The molecule has 0 spiro atoms. The van der Waals surface area contributed by atoms with Crippen LogP contribution in [0.1, 0.15) is 36.2 Å². The van der Waals surface area contributed by atoms with Crippen LogP contribution in [0.25, 0.3) is 0 Å². The summed E-state index contributed by atoms with van der Waals surface area (Å²) in [6.45, 7) is 6.41. The molecule has 0 aliphatic heterocycles. The zero-order valence-corrected chi connectivity index (χ0v) is 12.7. The van der Waals surface area contributed by atoms with Gasteiger partial charge in [0.1, 0.15) is 10.8 Å². The van der Waals surface area contributed by atoms with Crippen molar-refractivity contribution >= 4 is 11.3 Å². The molecule has 1 aromatic heterocycles. The largest absolute Gasteiger partial charge is 0.325 e. The van der Waals surface area contributed by atoms with Crippen molar-refractivity contribution < 1.29 is 4.39 Å². The predicted molar refractivity (Wildman–Crippen MR) is 81.2 cm³/mol. The van der Waals surface area contributed by atoms with Crippen molar-refractivity contribution in [1.82, 2.24) is 9.88 Å². The minimum atomic E-state index is -0.213. The Morgan fingerprint density at radius 3 is 2.65 bits per heavy atom. The van der Waals surface area contributed by atoms with Gasteiger partial charge in [-0.2, -0.15) is 0 Å². The molecule has 0 saturated heterocycles. The Hall–Kier alpha value is -1.30. The molecule has 108 valence electrons. The van der Waals surface area contributed by atoms with E-state index < -0.39 is 0 Å². The lowest BCUT2D eigenvalue weighted by atomic mass is 10.1. The fraction of sp³-hybridized carbons (Fsp3) is 0.400. The van der Waals surface area contributed by atoms with Gasteiger partial charge in [-0.15, -0.1) is 11.3 Å². The molecule has 0 saturated carbocycles. The number of nitrogens with zero attached hydrogens (tertiary/aromatic N) is 2. The highest BCUT2D eigenvalue weighted by Crippen LogP contribution is 2.31. The molecule has 2 rings (SSSR count). The van der Waals surface area contributed by atoms with Crippen LogP contribution in [-0.4, -0.2) is 23.0 Å². The Morgan fingerprint density at radius 1 is 1.35 bits per heavy atom. The molecule has 3 nitrogen and oxygen atoms in total. The second kappa shape index (κ2) is 6.92. The van der Waals surface area contributed by atoms with Crippen molar-refractivity contribution in [2.75, 3.05) is 13.1 Å². The first kappa shape index (κ1) is 15.1. The molecule has 1 heterocycles. The van der Waals surface area contributed by atoms with Gasteiger partial charge in [-0.25, -0.2) is 9.37 Å². The molecule has 0 amide bonds. The summed E-state index contributed by atoms with van der Waals surface area (Å²) in [5, 5.41) is 2.95. The monoisotopic (exact) mass is 293 g/mol. The fourth-order valence-electron chi connectivity index (χ4n) is 2.32. The third kappa shape index (κ3) is 3.23. The molecular weight excluding hydrogens is 273 g/mol. The Kier molecular flexibility index (Phi) is 5.23. The lowest BCUT2D eigenvalue weighted by molar-refractivity contribution is 0.249. The summed E-state index contributed by atoms with van der Waals surface area (Å²) in [5.41, 5.74) is 7.46. The molecule has 0 bridgehead atoms. The molecule has 5 heteroatoms. The van der Waals surface area contributed by atoms with E-state index in [2.05, 4.69) is 23.7 Å². The van der Waals surface area contributed by atoms with E-state index in [1.165, 1.54) is 6.07 Å². The first-order valence-corrected chi connectivity index (χ1v) is 7.71. The van der Waals surface area contributed by atoms with Crippen molar-refractivity contribution in [2.45, 2.75) is 26.4 Å². The average molecular weight is 293 g/mol. The van der Waals surface area contributed by atoms with Crippen molar-refractivity contribution in [3.63, 3.8) is 0 Å². The Balaban J connectivity index is 2.43. The smallest absolute Gasteiger partial charge is 0.123 e. The summed E-state index contributed by atoms with van der Waals surface area (Å²) in [6.07, 6.45) is 0. The minimum Gasteiger partial charge on any atom is -0.325 e. The SMILES string of the molecule is CCN(CC)C(c1cccc(F)c1)c1nc(CN)cs1. The molecule has 1 atom stereocenters. The van der Waals surface area contributed by atoms with Gasteiger partial charge >= 0.3 is 0 Å². The highest BCUT2D eigenvalue weighted by molar-refractivity contribution is 7.09. The summed E-state index contributed by atoms with van der Waals surface area (Å²) < 4.78 is 13.5. The minimum absolute atomic E-state index is 0.00833. The lowest BCUT2D eigenvalue weighted by Gasteiger charge is -2.28. The van der Waals surface area contributed by atoms with Crippen LogP contribution in [0.5, 0.6) is 0 Å². The van der Waals surface area contributed by atoms with Gasteiger partial charge in [0, 0.05) is 11.9 Å². The van der Waals surface area contributed by atoms with Crippen LogP contribution >= 0.6 is 11.3 Å². The van der Waals surface area contributed by atoms with Crippen LogP contribution in [0.2, 0.25) is 0 Å². The van der Waals surface area contributed by atoms with Gasteiger partial charge in [-0.1, -0.05) is 26.0 Å². The molecule has 2 aromatic rings. The van der Waals surface area contributed by atoms with Gasteiger partial charge in [0.15, 0.2) is 0 Å². The highest BCUT2D eigenvalue weighted by atomic mass is 32.1. The van der Waals surface area contributed by atoms with E-state index in [0.717, 1.165) is 29.4 Å². The van der Waals surface area contributed by atoms with Crippen molar-refractivity contribution in [2.24, 2.45) is 5.73 Å². The molecule has 0 fully saturated rings. The molecule has 1 unspecified atom stereocenters. The highest BCUT2D eigenvalue weighted by Gasteiger charge is 2.23. The average Bonchev–Trinajstić information content (AvgIpc) is 2.93. The number of halogens is 1. The summed E-state index contributed by atoms with van der Waals surface area (Å²) in [7, 11) is 0. The first-order valence-electron chi connectivity index (χ1n) is 6.83. The van der Waals surface area contributed by atoms with Gasteiger partial charge in [0.2, 0.25) is 0 Å². The first-order chi connectivity index (χ1) is 9.69. The normalized spacial score (nSPS) is 12.8. The van der Waals surface area contributed by atoms with Gasteiger partial charge in [0.25, 0.3) is 0 Å². The molecule has 0 radical (unpaired) electrons. The van der Waals surface area contributed by atoms with E-state index in [9.17, 15) is 4.39 Å². The van der Waals surface area contributed by atoms with Gasteiger partial charge < -0.3 is 5.73 Å². The molecule has 20 heavy (non-hydrogen) atoms. The van der Waals surface area contributed by atoms with Crippen LogP contribution < -0.4 is 5.73 Å². The van der Waals surface area contributed by atoms with E-state index in [0.29, 0.717) is 6.54 Å².